The van der Waals surface area contributed by atoms with Crippen molar-refractivity contribution in [3.63, 3.8) is 0 Å². The molecule has 38 heavy (non-hydrogen) atoms. The maximum atomic E-state index is 11.2. The van der Waals surface area contributed by atoms with Gasteiger partial charge in [-0.1, -0.05) is 5.21 Å². The normalized spacial score (nSPS) is 15.9. The van der Waals surface area contributed by atoms with Crippen LogP contribution in [0.3, 0.4) is 0 Å². The van der Waals surface area contributed by atoms with Crippen molar-refractivity contribution in [3.8, 4) is 17.0 Å². The summed E-state index contributed by atoms with van der Waals surface area (Å²) < 4.78 is 21.1. The fourth-order valence-electron chi connectivity index (χ4n) is 5.61. The lowest BCUT2D eigenvalue weighted by atomic mass is 9.88. The van der Waals surface area contributed by atoms with Crippen LogP contribution >= 0.6 is 11.5 Å². The molecule has 198 valence electrons. The van der Waals surface area contributed by atoms with Gasteiger partial charge in [0.15, 0.2) is 0 Å². The number of rotatable bonds is 6. The highest BCUT2D eigenvalue weighted by Gasteiger charge is 2.35. The molecule has 5 aromatic heterocycles. The lowest BCUT2D eigenvalue weighted by Gasteiger charge is -2.33. The second-order valence-corrected chi connectivity index (χ2v) is 11.2. The first kappa shape index (κ1) is 24.9. The quantitative estimate of drug-likeness (QED) is 0.342. The SMILES string of the molecule is COc1ccnc(C(C2CCOCC2)n2c3cc(-c4c(C)nnn4C)cnc3c3snc(C(C)(C)O)c32)c1. The molecule has 1 atom stereocenters. The summed E-state index contributed by atoms with van der Waals surface area (Å²) in [5, 5.41) is 19.6. The molecule has 0 radical (unpaired) electrons. The zero-order valence-corrected chi connectivity index (χ0v) is 23.0. The van der Waals surface area contributed by atoms with Gasteiger partial charge >= 0.3 is 0 Å². The van der Waals surface area contributed by atoms with Crippen molar-refractivity contribution in [2.75, 3.05) is 20.3 Å². The molecule has 10 nitrogen and oxygen atoms in total. The zero-order chi connectivity index (χ0) is 26.6. The van der Waals surface area contributed by atoms with Crippen molar-refractivity contribution in [1.82, 2.24) is 33.9 Å². The summed E-state index contributed by atoms with van der Waals surface area (Å²) in [6.07, 6.45) is 5.44. The fraction of sp³-hybridized carbons (Fsp3) is 0.444. The summed E-state index contributed by atoms with van der Waals surface area (Å²) in [7, 11) is 3.56. The number of hydrogen-bond donors (Lipinski definition) is 1. The smallest absolute Gasteiger partial charge is 0.122 e. The molecule has 0 saturated carbocycles. The number of hydrogen-bond acceptors (Lipinski definition) is 9. The number of methoxy groups -OCH3 is 1. The molecule has 1 N–H and O–H groups in total. The van der Waals surface area contributed by atoms with E-state index in [4.69, 9.17) is 23.8 Å². The Morgan fingerprint density at radius 2 is 2.00 bits per heavy atom. The highest BCUT2D eigenvalue weighted by Crippen LogP contribution is 2.44. The minimum Gasteiger partial charge on any atom is -0.497 e. The van der Waals surface area contributed by atoms with Crippen LogP contribution in [0.4, 0.5) is 0 Å². The molecule has 6 rings (SSSR count). The van der Waals surface area contributed by atoms with Crippen molar-refractivity contribution in [2.24, 2.45) is 13.0 Å². The van der Waals surface area contributed by atoms with Crippen LogP contribution < -0.4 is 4.74 Å². The molecule has 11 heteroatoms. The van der Waals surface area contributed by atoms with Crippen LogP contribution in [0, 0.1) is 12.8 Å². The van der Waals surface area contributed by atoms with Gasteiger partial charge in [0.05, 0.1) is 46.0 Å². The zero-order valence-electron chi connectivity index (χ0n) is 22.2. The Balaban J connectivity index is 1.70. The second kappa shape index (κ2) is 9.40. The van der Waals surface area contributed by atoms with Crippen molar-refractivity contribution >= 4 is 32.8 Å². The van der Waals surface area contributed by atoms with E-state index >= 15 is 0 Å². The average Bonchev–Trinajstić information content (AvgIpc) is 3.58. The van der Waals surface area contributed by atoms with Crippen LogP contribution in [0.15, 0.2) is 30.6 Å². The summed E-state index contributed by atoms with van der Waals surface area (Å²) in [6, 6.07) is 5.88. The Morgan fingerprint density at radius 3 is 2.68 bits per heavy atom. The molecule has 0 amide bonds. The molecule has 1 aliphatic heterocycles. The fourth-order valence-corrected chi connectivity index (χ4v) is 6.62. The molecule has 0 bridgehead atoms. The number of nitrogens with zero attached hydrogens (tertiary/aromatic N) is 7. The highest BCUT2D eigenvalue weighted by molar-refractivity contribution is 7.14. The van der Waals surface area contributed by atoms with Crippen LogP contribution in [0.1, 0.15) is 49.8 Å². The highest BCUT2D eigenvalue weighted by atomic mass is 32.1. The molecule has 0 aliphatic carbocycles. The topological polar surface area (TPSA) is 113 Å². The van der Waals surface area contributed by atoms with Gasteiger partial charge in [-0.05, 0) is 63.2 Å². The third-order valence-electron chi connectivity index (χ3n) is 7.38. The lowest BCUT2D eigenvalue weighted by Crippen LogP contribution is -2.28. The van der Waals surface area contributed by atoms with Crippen molar-refractivity contribution in [1.29, 1.82) is 0 Å². The number of aryl methyl sites for hydroxylation is 2. The van der Waals surface area contributed by atoms with Crippen molar-refractivity contribution in [3.05, 3.63) is 47.7 Å². The average molecular weight is 534 g/mol. The minimum atomic E-state index is -1.14. The minimum absolute atomic E-state index is 0.144. The number of aliphatic hydroxyl groups is 1. The third-order valence-corrected chi connectivity index (χ3v) is 8.22. The van der Waals surface area contributed by atoms with Gasteiger partial charge in [-0.25, -0.2) is 4.68 Å². The summed E-state index contributed by atoms with van der Waals surface area (Å²) in [5.41, 5.74) is 5.77. The Hall–Kier alpha value is -3.41. The molecular formula is C27H31N7O3S. The van der Waals surface area contributed by atoms with Crippen LogP contribution in [-0.4, -0.2) is 59.3 Å². The van der Waals surface area contributed by atoms with E-state index in [0.29, 0.717) is 18.9 Å². The summed E-state index contributed by atoms with van der Waals surface area (Å²) in [5.74, 6) is 1.00. The Kier molecular flexibility index (Phi) is 6.16. The summed E-state index contributed by atoms with van der Waals surface area (Å²) >= 11 is 1.37. The molecule has 6 heterocycles. The van der Waals surface area contributed by atoms with Crippen LogP contribution in [-0.2, 0) is 17.4 Å². The second-order valence-electron chi connectivity index (χ2n) is 10.4. The van der Waals surface area contributed by atoms with Crippen LogP contribution in [0.25, 0.3) is 32.5 Å². The first-order valence-electron chi connectivity index (χ1n) is 12.7. The molecule has 1 unspecified atom stereocenters. The van der Waals surface area contributed by atoms with Gasteiger partial charge < -0.3 is 19.1 Å². The molecule has 0 spiro atoms. The van der Waals surface area contributed by atoms with E-state index in [2.05, 4.69) is 20.9 Å². The van der Waals surface area contributed by atoms with E-state index in [1.807, 2.05) is 32.3 Å². The van der Waals surface area contributed by atoms with Gasteiger partial charge in [0, 0.05) is 44.3 Å². The van der Waals surface area contributed by atoms with Gasteiger partial charge in [0.25, 0.3) is 0 Å². The number of fused-ring (bicyclic) bond motifs is 3. The van der Waals surface area contributed by atoms with E-state index in [1.54, 1.807) is 31.8 Å². The predicted octanol–water partition coefficient (Wildman–Crippen LogP) is 4.40. The number of aromatic nitrogens is 7. The van der Waals surface area contributed by atoms with E-state index in [1.165, 1.54) is 11.5 Å². The molecule has 0 aromatic carbocycles. The summed E-state index contributed by atoms with van der Waals surface area (Å²) in [6.45, 7) is 6.89. The van der Waals surface area contributed by atoms with E-state index < -0.39 is 5.60 Å². The first-order valence-corrected chi connectivity index (χ1v) is 13.5. The van der Waals surface area contributed by atoms with Gasteiger partial charge in [-0.3, -0.25) is 9.97 Å². The van der Waals surface area contributed by atoms with Gasteiger partial charge in [0.2, 0.25) is 0 Å². The summed E-state index contributed by atoms with van der Waals surface area (Å²) in [4.78, 5) is 9.79. The van der Waals surface area contributed by atoms with Crippen molar-refractivity contribution < 1.29 is 14.6 Å². The van der Waals surface area contributed by atoms with Crippen LogP contribution in [0.2, 0.25) is 0 Å². The largest absolute Gasteiger partial charge is 0.497 e. The molecule has 1 aliphatic rings. The monoisotopic (exact) mass is 533 g/mol. The number of ether oxygens (including phenoxy) is 2. The maximum Gasteiger partial charge on any atom is 0.122 e. The maximum absolute atomic E-state index is 11.2. The Morgan fingerprint density at radius 1 is 1.21 bits per heavy atom. The third kappa shape index (κ3) is 4.05. The lowest BCUT2D eigenvalue weighted by molar-refractivity contribution is 0.0542. The van der Waals surface area contributed by atoms with Gasteiger partial charge in [-0.2, -0.15) is 4.37 Å². The van der Waals surface area contributed by atoms with E-state index in [0.717, 1.165) is 62.5 Å². The molecular weight excluding hydrogens is 502 g/mol. The number of pyridine rings is 2. The first-order chi connectivity index (χ1) is 18.3. The van der Waals surface area contributed by atoms with Gasteiger partial charge in [0.1, 0.15) is 22.6 Å². The Labute approximate surface area is 224 Å². The van der Waals surface area contributed by atoms with Crippen LogP contribution in [0.5, 0.6) is 5.75 Å². The van der Waals surface area contributed by atoms with Crippen molar-refractivity contribution in [2.45, 2.75) is 45.3 Å². The predicted molar refractivity (Wildman–Crippen MR) is 145 cm³/mol. The Bertz CT molecular complexity index is 1610. The van der Waals surface area contributed by atoms with E-state index in [-0.39, 0.29) is 12.0 Å². The molecule has 1 saturated heterocycles. The van der Waals surface area contributed by atoms with Gasteiger partial charge in [-0.15, -0.1) is 5.10 Å². The van der Waals surface area contributed by atoms with E-state index in [9.17, 15) is 5.11 Å². The molecule has 5 aromatic rings. The molecule has 1 fully saturated rings. The standard InChI is InChI=1S/C27H31N7O3S/c1-15-22(33(4)32-30-15)17-12-20-21(29-14-17)25-24(26(31-38-25)27(2,3)35)34(20)23(16-7-10-37-11-8-16)19-13-18(36-5)6-9-28-19/h6,9,12-14,16,23,35H,7-8,10-11H2,1-5H3.